The number of fused-ring (bicyclic) bond motifs is 1. The molecule has 0 bridgehead atoms. The average Bonchev–Trinajstić information content (AvgIpc) is 3.01. The number of amides is 1. The third kappa shape index (κ3) is 4.13. The highest BCUT2D eigenvalue weighted by Crippen LogP contribution is 2.34. The van der Waals surface area contributed by atoms with Gasteiger partial charge in [0.2, 0.25) is 15.9 Å². The Balaban J connectivity index is 0.00000176. The minimum Gasteiger partial charge on any atom is -0.340 e. The van der Waals surface area contributed by atoms with Gasteiger partial charge in [0.05, 0.1) is 12.3 Å². The van der Waals surface area contributed by atoms with Gasteiger partial charge in [0.25, 0.3) is 0 Å². The Morgan fingerprint density at radius 1 is 1.23 bits per heavy atom. The average molecular weight is 352 g/mol. The monoisotopic (exact) mass is 351 g/mol. The fourth-order valence-electron chi connectivity index (χ4n) is 4.09. The number of carbonyl (C=O) groups excluding carboxylic acids is 1. The van der Waals surface area contributed by atoms with Gasteiger partial charge in [0.15, 0.2) is 0 Å². The number of hydrogen-bond acceptors (Lipinski definition) is 4. The molecule has 4 unspecified atom stereocenters. The second-order valence-corrected chi connectivity index (χ2v) is 8.55. The van der Waals surface area contributed by atoms with Gasteiger partial charge in [-0.2, -0.15) is 0 Å². The lowest BCUT2D eigenvalue weighted by molar-refractivity contribution is -0.132. The summed E-state index contributed by atoms with van der Waals surface area (Å²) in [5.74, 6) is 0.808. The minimum atomic E-state index is -3.20. The van der Waals surface area contributed by atoms with Crippen LogP contribution in [0.15, 0.2) is 0 Å². The quantitative estimate of drug-likeness (QED) is 0.775. The van der Waals surface area contributed by atoms with Crippen molar-refractivity contribution in [3.63, 3.8) is 0 Å². The van der Waals surface area contributed by atoms with Crippen LogP contribution < -0.4 is 10.0 Å². The van der Waals surface area contributed by atoms with E-state index in [4.69, 9.17) is 0 Å². The summed E-state index contributed by atoms with van der Waals surface area (Å²) in [5, 5.41) is 3.50. The largest absolute Gasteiger partial charge is 0.340 e. The van der Waals surface area contributed by atoms with E-state index < -0.39 is 10.0 Å². The van der Waals surface area contributed by atoms with Gasteiger partial charge in [-0.1, -0.05) is 12.8 Å². The molecule has 1 amide bonds. The minimum absolute atomic E-state index is 0. The molecule has 0 aromatic carbocycles. The molecule has 3 rings (SSSR count). The van der Waals surface area contributed by atoms with Crippen molar-refractivity contribution in [2.45, 2.75) is 56.7 Å². The molecule has 2 saturated heterocycles. The number of carbonyl (C=O) groups is 1. The van der Waals surface area contributed by atoms with Crippen molar-refractivity contribution in [1.82, 2.24) is 14.9 Å². The number of nitrogens with one attached hydrogen (secondary N) is 2. The summed E-state index contributed by atoms with van der Waals surface area (Å²) in [4.78, 5) is 14.4. The second-order valence-electron chi connectivity index (χ2n) is 6.77. The summed E-state index contributed by atoms with van der Waals surface area (Å²) in [6.45, 7) is 1.15. The number of hydrogen-bond donors (Lipinski definition) is 2. The van der Waals surface area contributed by atoms with Gasteiger partial charge in [-0.05, 0) is 31.6 Å². The first-order valence-corrected chi connectivity index (χ1v) is 9.83. The van der Waals surface area contributed by atoms with Crippen LogP contribution in [-0.2, 0) is 14.8 Å². The van der Waals surface area contributed by atoms with Crippen LogP contribution in [0, 0.1) is 5.92 Å². The smallest absolute Gasteiger partial charge is 0.239 e. The molecule has 1 saturated carbocycles. The van der Waals surface area contributed by atoms with E-state index in [1.54, 1.807) is 0 Å². The summed E-state index contributed by atoms with van der Waals surface area (Å²) < 4.78 is 25.1. The van der Waals surface area contributed by atoms with E-state index in [9.17, 15) is 13.2 Å². The summed E-state index contributed by atoms with van der Waals surface area (Å²) in [6.07, 6.45) is 7.79. The van der Waals surface area contributed by atoms with Crippen LogP contribution in [-0.4, -0.2) is 56.7 Å². The highest BCUT2D eigenvalue weighted by atomic mass is 35.5. The van der Waals surface area contributed by atoms with Crippen LogP contribution in [0.25, 0.3) is 0 Å². The molecular weight excluding hydrogens is 326 g/mol. The Morgan fingerprint density at radius 3 is 2.64 bits per heavy atom. The van der Waals surface area contributed by atoms with E-state index in [-0.39, 0.29) is 30.4 Å². The van der Waals surface area contributed by atoms with Gasteiger partial charge in [-0.15, -0.1) is 12.4 Å². The molecule has 0 spiro atoms. The maximum absolute atomic E-state index is 12.6. The normalized spacial score (nSPS) is 35.0. The summed E-state index contributed by atoms with van der Waals surface area (Å²) in [7, 11) is -3.20. The Kier molecular flexibility index (Phi) is 5.74. The summed E-state index contributed by atoms with van der Waals surface area (Å²) in [6, 6.07) is 0.322. The maximum Gasteiger partial charge on any atom is 0.239 e. The molecule has 128 valence electrons. The van der Waals surface area contributed by atoms with Crippen LogP contribution >= 0.6 is 12.4 Å². The second kappa shape index (κ2) is 7.03. The van der Waals surface area contributed by atoms with Crippen molar-refractivity contribution < 1.29 is 13.2 Å². The fourth-order valence-corrected chi connectivity index (χ4v) is 4.89. The Bertz CT molecular complexity index is 499. The van der Waals surface area contributed by atoms with E-state index >= 15 is 0 Å². The fraction of sp³-hybridized carbons (Fsp3) is 0.929. The van der Waals surface area contributed by atoms with Crippen molar-refractivity contribution in [2.24, 2.45) is 5.92 Å². The third-order valence-corrected chi connectivity index (χ3v) is 5.80. The van der Waals surface area contributed by atoms with Crippen LogP contribution in [0.2, 0.25) is 0 Å². The van der Waals surface area contributed by atoms with Crippen molar-refractivity contribution in [2.75, 3.05) is 19.3 Å². The van der Waals surface area contributed by atoms with Gasteiger partial charge < -0.3 is 10.2 Å². The Labute approximate surface area is 138 Å². The predicted octanol–water partition coefficient (Wildman–Crippen LogP) is 0.479. The van der Waals surface area contributed by atoms with Crippen LogP contribution in [0.4, 0.5) is 0 Å². The molecule has 22 heavy (non-hydrogen) atoms. The zero-order valence-electron chi connectivity index (χ0n) is 13.0. The van der Waals surface area contributed by atoms with Crippen molar-refractivity contribution in [3.8, 4) is 0 Å². The standard InChI is InChI=1S/C14H25N3O3S.ClH/c1-21(19,20)16-11-6-7-17(9-11)14(18)13-8-10-4-2-3-5-12(10)15-13;/h10-13,15-16H,2-9H2,1H3;1H. The first-order chi connectivity index (χ1) is 9.92. The van der Waals surface area contributed by atoms with E-state index in [0.717, 1.165) is 6.42 Å². The molecule has 2 N–H and O–H groups in total. The molecule has 4 atom stereocenters. The van der Waals surface area contributed by atoms with E-state index in [2.05, 4.69) is 10.0 Å². The first kappa shape index (κ1) is 18.0. The number of halogens is 1. The molecule has 2 heterocycles. The third-order valence-electron chi connectivity index (χ3n) is 5.04. The SMILES string of the molecule is CS(=O)(=O)NC1CCN(C(=O)C2CC3CCCCC3N2)C1.Cl. The lowest BCUT2D eigenvalue weighted by Crippen LogP contribution is -2.46. The molecule has 1 aliphatic carbocycles. The van der Waals surface area contributed by atoms with Crippen molar-refractivity contribution in [3.05, 3.63) is 0 Å². The van der Waals surface area contributed by atoms with E-state index in [1.807, 2.05) is 4.90 Å². The van der Waals surface area contributed by atoms with Crippen LogP contribution in [0.5, 0.6) is 0 Å². The zero-order chi connectivity index (χ0) is 15.0. The maximum atomic E-state index is 12.6. The first-order valence-electron chi connectivity index (χ1n) is 7.94. The number of sulfonamides is 1. The topological polar surface area (TPSA) is 78.5 Å². The van der Waals surface area contributed by atoms with Gasteiger partial charge >= 0.3 is 0 Å². The van der Waals surface area contributed by atoms with Crippen molar-refractivity contribution in [1.29, 1.82) is 0 Å². The molecule has 3 fully saturated rings. The van der Waals surface area contributed by atoms with Gasteiger partial charge in [0, 0.05) is 25.2 Å². The predicted molar refractivity (Wildman–Crippen MR) is 87.5 cm³/mol. The number of nitrogens with zero attached hydrogens (tertiary/aromatic N) is 1. The number of rotatable bonds is 3. The molecule has 8 heteroatoms. The lowest BCUT2D eigenvalue weighted by atomic mass is 9.85. The highest BCUT2D eigenvalue weighted by Gasteiger charge is 2.41. The number of likely N-dealkylation sites (tertiary alicyclic amines) is 1. The molecule has 0 aromatic rings. The van der Waals surface area contributed by atoms with E-state index in [0.29, 0.717) is 31.5 Å². The zero-order valence-corrected chi connectivity index (χ0v) is 14.6. The summed E-state index contributed by atoms with van der Waals surface area (Å²) in [5.41, 5.74) is 0. The van der Waals surface area contributed by atoms with Gasteiger partial charge in [0.1, 0.15) is 0 Å². The van der Waals surface area contributed by atoms with Gasteiger partial charge in [-0.25, -0.2) is 13.1 Å². The summed E-state index contributed by atoms with van der Waals surface area (Å²) >= 11 is 0. The van der Waals surface area contributed by atoms with Gasteiger partial charge in [-0.3, -0.25) is 4.79 Å². The molecule has 0 aromatic heterocycles. The van der Waals surface area contributed by atoms with Crippen molar-refractivity contribution >= 4 is 28.3 Å². The molecular formula is C14H26ClN3O3S. The Morgan fingerprint density at radius 2 is 1.95 bits per heavy atom. The highest BCUT2D eigenvalue weighted by molar-refractivity contribution is 7.88. The lowest BCUT2D eigenvalue weighted by Gasteiger charge is -2.24. The molecule has 0 radical (unpaired) electrons. The Hall–Kier alpha value is -0.370. The van der Waals surface area contributed by atoms with Crippen LogP contribution in [0.1, 0.15) is 38.5 Å². The van der Waals surface area contributed by atoms with Crippen LogP contribution in [0.3, 0.4) is 0 Å². The molecule has 6 nitrogen and oxygen atoms in total. The molecule has 3 aliphatic rings. The van der Waals surface area contributed by atoms with E-state index in [1.165, 1.54) is 31.9 Å². The molecule has 2 aliphatic heterocycles.